The monoisotopic (exact) mass is 174 g/mol. The van der Waals surface area contributed by atoms with Gasteiger partial charge in [-0.1, -0.05) is 26.7 Å². The van der Waals surface area contributed by atoms with Crippen LogP contribution in [-0.4, -0.2) is 26.3 Å². The van der Waals surface area contributed by atoms with E-state index in [0.29, 0.717) is 5.92 Å². The van der Waals surface area contributed by atoms with Crippen LogP contribution in [0.1, 0.15) is 26.7 Å². The molecule has 72 valence electrons. The molecule has 0 radical (unpaired) electrons. The molecule has 0 saturated carbocycles. The number of rotatable bonds is 1. The van der Waals surface area contributed by atoms with E-state index in [4.69, 9.17) is 14.2 Å². The molecule has 0 atom stereocenters. The minimum Gasteiger partial charge on any atom is -0.329 e. The Kier molecular flexibility index (Phi) is 4.58. The van der Waals surface area contributed by atoms with Gasteiger partial charge < -0.3 is 14.2 Å². The molecule has 0 aromatic carbocycles. The second-order valence-electron chi connectivity index (χ2n) is 3.15. The van der Waals surface area contributed by atoms with Crippen molar-refractivity contribution in [3.8, 4) is 0 Å². The van der Waals surface area contributed by atoms with E-state index >= 15 is 0 Å². The van der Waals surface area contributed by atoms with Crippen LogP contribution in [0.3, 0.4) is 0 Å². The van der Waals surface area contributed by atoms with Gasteiger partial charge in [0.25, 0.3) is 6.48 Å². The molecule has 12 heavy (non-hydrogen) atoms. The van der Waals surface area contributed by atoms with Crippen LogP contribution in [0, 0.1) is 5.92 Å². The van der Waals surface area contributed by atoms with E-state index in [0.717, 1.165) is 19.8 Å². The summed E-state index contributed by atoms with van der Waals surface area (Å²) in [5.74, 6) is 0.486. The molecule has 0 amide bonds. The van der Waals surface area contributed by atoms with Crippen molar-refractivity contribution in [3.05, 3.63) is 0 Å². The maximum absolute atomic E-state index is 5.03. The molecule has 3 rings (SSSR count). The van der Waals surface area contributed by atoms with Gasteiger partial charge in [0.1, 0.15) is 0 Å². The van der Waals surface area contributed by atoms with Crippen molar-refractivity contribution < 1.29 is 14.2 Å². The first kappa shape index (κ1) is 9.96. The minimum absolute atomic E-state index is 0.347. The summed E-state index contributed by atoms with van der Waals surface area (Å²) in [7, 11) is 0. The van der Waals surface area contributed by atoms with Crippen LogP contribution in [-0.2, 0) is 14.2 Å². The zero-order valence-electron chi connectivity index (χ0n) is 7.91. The van der Waals surface area contributed by atoms with Crippen LogP contribution in [0.25, 0.3) is 0 Å². The van der Waals surface area contributed by atoms with Crippen molar-refractivity contribution in [1.82, 2.24) is 0 Å². The van der Waals surface area contributed by atoms with Crippen molar-refractivity contribution in [2.45, 2.75) is 33.2 Å². The van der Waals surface area contributed by atoms with Gasteiger partial charge in [-0.2, -0.15) is 0 Å². The lowest BCUT2D eigenvalue weighted by Gasteiger charge is -2.35. The lowest BCUT2D eigenvalue weighted by atomic mass is 10.2. The highest BCUT2D eigenvalue weighted by Crippen LogP contribution is 2.19. The van der Waals surface area contributed by atoms with Crippen LogP contribution in [0.2, 0.25) is 0 Å². The van der Waals surface area contributed by atoms with Crippen LogP contribution >= 0.6 is 0 Å². The highest BCUT2D eigenvalue weighted by molar-refractivity contribution is 4.63. The number of ether oxygens (including phenoxy) is 3. The summed E-state index contributed by atoms with van der Waals surface area (Å²) in [6.07, 6.45) is 2.64. The second kappa shape index (κ2) is 5.51. The van der Waals surface area contributed by atoms with Crippen LogP contribution in [0.5, 0.6) is 0 Å². The van der Waals surface area contributed by atoms with E-state index in [9.17, 15) is 0 Å². The molecule has 0 aromatic rings. The Morgan fingerprint density at radius 2 is 1.33 bits per heavy atom. The van der Waals surface area contributed by atoms with Crippen molar-refractivity contribution in [1.29, 1.82) is 0 Å². The minimum atomic E-state index is -0.347. The van der Waals surface area contributed by atoms with E-state index in [1.54, 1.807) is 0 Å². The third-order valence-corrected chi connectivity index (χ3v) is 1.90. The summed E-state index contributed by atoms with van der Waals surface area (Å²) in [6.45, 7) is 6.44. The van der Waals surface area contributed by atoms with Crippen molar-refractivity contribution >= 4 is 0 Å². The van der Waals surface area contributed by atoms with Crippen LogP contribution in [0.15, 0.2) is 0 Å². The predicted octanol–water partition coefficient (Wildman–Crippen LogP) is 1.77. The summed E-state index contributed by atoms with van der Waals surface area (Å²) in [6, 6.07) is 0. The molecular formula is C9H18O3. The fraction of sp³-hybridized carbons (Fsp3) is 1.00. The quantitative estimate of drug-likeness (QED) is 0.606. The van der Waals surface area contributed by atoms with Gasteiger partial charge in [-0.05, 0) is 0 Å². The molecule has 3 fully saturated rings. The van der Waals surface area contributed by atoms with E-state index < -0.39 is 0 Å². The van der Waals surface area contributed by atoms with Gasteiger partial charge in [0.15, 0.2) is 0 Å². The molecule has 3 aliphatic heterocycles. The maximum atomic E-state index is 5.03. The molecule has 0 aromatic heterocycles. The highest BCUT2D eigenvalue weighted by Gasteiger charge is 2.29. The number of unbranched alkanes of at least 4 members (excludes halogenated alkanes) is 1. The molecule has 0 N–H and O–H groups in total. The molecule has 2 bridgehead atoms. The van der Waals surface area contributed by atoms with Gasteiger partial charge in [0.2, 0.25) is 0 Å². The zero-order valence-corrected chi connectivity index (χ0v) is 7.91. The molecule has 0 unspecified atom stereocenters. The van der Waals surface area contributed by atoms with Gasteiger partial charge in [-0.25, -0.2) is 0 Å². The van der Waals surface area contributed by atoms with Gasteiger partial charge in [0.05, 0.1) is 19.8 Å². The Balaban J connectivity index is 0.000000157. The van der Waals surface area contributed by atoms with Crippen molar-refractivity contribution in [2.75, 3.05) is 19.8 Å². The normalized spacial score (nSPS) is 32.5. The fourth-order valence-corrected chi connectivity index (χ4v) is 0.933. The first-order valence-electron chi connectivity index (χ1n) is 4.71. The third-order valence-electron chi connectivity index (χ3n) is 1.90. The predicted molar refractivity (Wildman–Crippen MR) is 45.7 cm³/mol. The molecule has 0 aliphatic carbocycles. The summed E-state index contributed by atoms with van der Waals surface area (Å²) in [5.41, 5.74) is 0. The Hall–Kier alpha value is -0.120. The van der Waals surface area contributed by atoms with Gasteiger partial charge in [-0.3, -0.25) is 0 Å². The smallest absolute Gasteiger partial charge is 0.271 e. The Labute approximate surface area is 74.0 Å². The molecule has 3 heterocycles. The second-order valence-corrected chi connectivity index (χ2v) is 3.15. The van der Waals surface area contributed by atoms with E-state index in [-0.39, 0.29) is 6.48 Å². The lowest BCUT2D eigenvalue weighted by molar-refractivity contribution is -0.368. The largest absolute Gasteiger partial charge is 0.329 e. The van der Waals surface area contributed by atoms with Gasteiger partial charge in [0, 0.05) is 5.92 Å². The number of hydrogen-bond donors (Lipinski definition) is 0. The summed E-state index contributed by atoms with van der Waals surface area (Å²) < 4.78 is 15.1. The van der Waals surface area contributed by atoms with Gasteiger partial charge in [-0.15, -0.1) is 0 Å². The molecule has 3 nitrogen and oxygen atoms in total. The molecule has 3 heteroatoms. The highest BCUT2D eigenvalue weighted by atomic mass is 16.9. The number of hydrogen-bond acceptors (Lipinski definition) is 3. The molecule has 3 saturated heterocycles. The van der Waals surface area contributed by atoms with Crippen LogP contribution in [0.4, 0.5) is 0 Å². The summed E-state index contributed by atoms with van der Waals surface area (Å²) >= 11 is 0. The molecule has 0 spiro atoms. The van der Waals surface area contributed by atoms with E-state index in [1.165, 1.54) is 12.8 Å². The van der Waals surface area contributed by atoms with Crippen molar-refractivity contribution in [3.63, 3.8) is 0 Å². The topological polar surface area (TPSA) is 27.7 Å². The standard InChI is InChI=1S/C5H8O3.C4H10/c1-4-2-7-5(6-1)8-3-4;1-3-4-2/h4-5H,1-3H2;3-4H2,1-2H3. The Morgan fingerprint density at radius 3 is 1.42 bits per heavy atom. The Morgan fingerprint density at radius 1 is 0.917 bits per heavy atom. The Bertz CT molecular complexity index is 83.3. The summed E-state index contributed by atoms with van der Waals surface area (Å²) in [5, 5.41) is 0. The summed E-state index contributed by atoms with van der Waals surface area (Å²) in [4.78, 5) is 0. The fourth-order valence-electron chi connectivity index (χ4n) is 0.933. The average Bonchev–Trinajstić information content (AvgIpc) is 2.21. The number of fused-ring (bicyclic) bond motifs is 3. The third kappa shape index (κ3) is 3.09. The lowest BCUT2D eigenvalue weighted by Crippen LogP contribution is -2.43. The maximum Gasteiger partial charge on any atom is 0.271 e. The first-order chi connectivity index (χ1) is 5.86. The molecular weight excluding hydrogens is 156 g/mol. The average molecular weight is 174 g/mol. The zero-order chi connectivity index (χ0) is 8.81. The first-order valence-corrected chi connectivity index (χ1v) is 4.71. The van der Waals surface area contributed by atoms with Gasteiger partial charge >= 0.3 is 0 Å². The molecule has 3 aliphatic rings. The van der Waals surface area contributed by atoms with E-state index in [2.05, 4.69) is 13.8 Å². The van der Waals surface area contributed by atoms with Crippen molar-refractivity contribution in [2.24, 2.45) is 5.92 Å². The SMILES string of the molecule is C1OC2OCC1CO2.CCCC. The van der Waals surface area contributed by atoms with E-state index in [1.807, 2.05) is 0 Å². The van der Waals surface area contributed by atoms with Crippen LogP contribution < -0.4 is 0 Å².